The average molecular weight is 676 g/mol. The van der Waals surface area contributed by atoms with Crippen molar-refractivity contribution in [3.8, 4) is 0 Å². The Morgan fingerprint density at radius 2 is 1.45 bits per heavy atom. The van der Waals surface area contributed by atoms with Crippen molar-refractivity contribution in [3.05, 3.63) is 151 Å². The molecule has 0 bridgehead atoms. The number of fused-ring (bicyclic) bond motifs is 6. The Hall–Kier alpha value is -5.82. The maximum atomic E-state index is 13.0. The van der Waals surface area contributed by atoms with Crippen molar-refractivity contribution < 1.29 is 19.3 Å². The van der Waals surface area contributed by atoms with Crippen molar-refractivity contribution in [2.75, 3.05) is 18.0 Å². The molecule has 7 heteroatoms. The Labute approximate surface area is 298 Å². The first kappa shape index (κ1) is 33.7. The van der Waals surface area contributed by atoms with E-state index in [0.717, 1.165) is 22.8 Å². The van der Waals surface area contributed by atoms with Crippen LogP contribution in [0.4, 0.5) is 11.4 Å². The normalized spacial score (nSPS) is 17.2. The Bertz CT molecular complexity index is 2320. The van der Waals surface area contributed by atoms with Crippen molar-refractivity contribution in [2.45, 2.75) is 51.4 Å². The van der Waals surface area contributed by atoms with E-state index >= 15 is 0 Å². The number of rotatable bonds is 10. The molecule has 0 aliphatic carbocycles. The molecule has 0 radical (unpaired) electrons. The van der Waals surface area contributed by atoms with Crippen molar-refractivity contribution >= 4 is 50.5 Å². The maximum absolute atomic E-state index is 13.0. The third-order valence-corrected chi connectivity index (χ3v) is 10.4. The lowest BCUT2D eigenvalue weighted by Gasteiger charge is -2.27. The van der Waals surface area contributed by atoms with Crippen molar-refractivity contribution in [3.63, 3.8) is 0 Å². The molecule has 7 nitrogen and oxygen atoms in total. The predicted molar refractivity (Wildman–Crippen MR) is 206 cm³/mol. The Morgan fingerprint density at radius 3 is 2.16 bits per heavy atom. The zero-order chi connectivity index (χ0) is 35.8. The lowest BCUT2D eigenvalue weighted by molar-refractivity contribution is -0.436. The van der Waals surface area contributed by atoms with E-state index in [9.17, 15) is 14.7 Å². The molecule has 0 atom stereocenters. The molecule has 5 aromatic rings. The van der Waals surface area contributed by atoms with E-state index in [1.54, 1.807) is 23.3 Å². The number of benzene rings is 4. The summed E-state index contributed by atoms with van der Waals surface area (Å²) in [6.07, 6.45) is 19.7. The van der Waals surface area contributed by atoms with Gasteiger partial charge in [0.05, 0.1) is 5.41 Å². The van der Waals surface area contributed by atoms with Crippen LogP contribution in [-0.2, 0) is 15.6 Å². The minimum atomic E-state index is -0.811. The second kappa shape index (κ2) is 13.5. The van der Waals surface area contributed by atoms with Crippen LogP contribution in [0, 0.1) is 0 Å². The van der Waals surface area contributed by atoms with Gasteiger partial charge in [-0.1, -0.05) is 98.8 Å². The van der Waals surface area contributed by atoms with E-state index in [0.29, 0.717) is 19.5 Å². The van der Waals surface area contributed by atoms with Gasteiger partial charge in [0.15, 0.2) is 12.3 Å². The fraction of sp³-hybridized carbons (Fsp3) is 0.227. The second-order valence-electron chi connectivity index (χ2n) is 14.2. The van der Waals surface area contributed by atoms with Crippen LogP contribution in [0.1, 0.15) is 56.5 Å². The highest BCUT2D eigenvalue weighted by Crippen LogP contribution is 2.51. The molecule has 7 rings (SSSR count). The summed E-state index contributed by atoms with van der Waals surface area (Å²) in [4.78, 5) is 30.9. The third kappa shape index (κ3) is 6.14. The fourth-order valence-corrected chi connectivity index (χ4v) is 7.99. The monoisotopic (exact) mass is 675 g/mol. The number of nitrogens with zero attached hydrogens (tertiary/aromatic N) is 4. The number of aromatic nitrogens is 2. The summed E-state index contributed by atoms with van der Waals surface area (Å²) in [6, 6.07) is 25.5. The first-order valence-electron chi connectivity index (χ1n) is 17.5. The summed E-state index contributed by atoms with van der Waals surface area (Å²) >= 11 is 0. The van der Waals surface area contributed by atoms with Crippen LogP contribution >= 0.6 is 0 Å². The molecule has 4 aromatic carbocycles. The van der Waals surface area contributed by atoms with E-state index in [-0.39, 0.29) is 23.2 Å². The molecule has 1 aromatic heterocycles. The van der Waals surface area contributed by atoms with Crippen molar-refractivity contribution in [2.24, 2.45) is 0 Å². The van der Waals surface area contributed by atoms with Crippen LogP contribution in [0.25, 0.3) is 21.5 Å². The van der Waals surface area contributed by atoms with Crippen LogP contribution in [0.2, 0.25) is 0 Å². The van der Waals surface area contributed by atoms with E-state index in [1.165, 1.54) is 32.7 Å². The van der Waals surface area contributed by atoms with Crippen LogP contribution in [-0.4, -0.2) is 49.9 Å². The topological polar surface area (TPSA) is 78.4 Å². The zero-order valence-electron chi connectivity index (χ0n) is 29.6. The minimum absolute atomic E-state index is 0.00489. The van der Waals surface area contributed by atoms with Crippen LogP contribution in [0.3, 0.4) is 0 Å². The Balaban J connectivity index is 1.16. The quantitative estimate of drug-likeness (QED) is 0.118. The van der Waals surface area contributed by atoms with Crippen LogP contribution in [0.15, 0.2) is 140 Å². The molecule has 2 aliphatic heterocycles. The number of hydrogen-bond donors (Lipinski definition) is 1. The number of carboxylic acids is 1. The second-order valence-corrected chi connectivity index (χ2v) is 14.2. The highest BCUT2D eigenvalue weighted by Gasteiger charge is 2.45. The van der Waals surface area contributed by atoms with Gasteiger partial charge in [0, 0.05) is 59.9 Å². The number of carbonyl (C=O) groups is 2. The summed E-state index contributed by atoms with van der Waals surface area (Å²) in [5, 5.41) is 14.3. The first-order valence-corrected chi connectivity index (χ1v) is 17.5. The molecule has 0 amide bonds. The van der Waals surface area contributed by atoms with Gasteiger partial charge in [-0.2, -0.15) is 4.58 Å². The van der Waals surface area contributed by atoms with Gasteiger partial charge >= 0.3 is 5.97 Å². The SMILES string of the molecule is CC1(C)C(/C=C/C=C/C=C/C=C2/N(CCC(=O)n3ccnc3)c3ccc4ccccc4c3C2(C)C)=[N+](CCC(=O)O)c2ccc3ccccc3c21. The summed E-state index contributed by atoms with van der Waals surface area (Å²) in [5.41, 5.74) is 6.31. The van der Waals surface area contributed by atoms with Gasteiger partial charge in [-0.05, 0) is 59.2 Å². The number of anilines is 1. The van der Waals surface area contributed by atoms with Crippen molar-refractivity contribution in [1.82, 2.24) is 9.55 Å². The molecule has 51 heavy (non-hydrogen) atoms. The molecular formula is C44H43N4O3+. The maximum Gasteiger partial charge on any atom is 0.309 e. The molecule has 256 valence electrons. The predicted octanol–water partition coefficient (Wildman–Crippen LogP) is 9.12. The molecule has 0 fully saturated rings. The molecule has 0 saturated heterocycles. The highest BCUT2D eigenvalue weighted by molar-refractivity contribution is 6.07. The highest BCUT2D eigenvalue weighted by atomic mass is 16.4. The smallest absolute Gasteiger partial charge is 0.309 e. The number of hydrogen-bond acceptors (Lipinski definition) is 4. The average Bonchev–Trinajstić information content (AvgIpc) is 3.79. The first-order chi connectivity index (χ1) is 24.6. The molecule has 1 N–H and O–H groups in total. The largest absolute Gasteiger partial charge is 0.481 e. The standard InChI is InChI=1S/C44H42N4O3/c1-43(2)37(47(27-24-39(49)46-29-26-45-30-46)35-22-20-31-14-10-12-16-33(31)41(35)43)18-8-6-5-7-9-19-38-44(3,4)42-34-17-13-11-15-32(34)21-23-36(42)48(38)28-25-40(50)51/h5-23,26,29-30H,24-25,27-28H2,1-4H3/p+1. The molecule has 0 spiro atoms. The van der Waals surface area contributed by atoms with E-state index < -0.39 is 5.97 Å². The number of carboxylic acid groups (broad SMARTS) is 1. The van der Waals surface area contributed by atoms with Crippen LogP contribution < -0.4 is 4.90 Å². The van der Waals surface area contributed by atoms with Crippen LogP contribution in [0.5, 0.6) is 0 Å². The van der Waals surface area contributed by atoms with Gasteiger partial charge in [0.1, 0.15) is 12.7 Å². The zero-order valence-corrected chi connectivity index (χ0v) is 29.6. The summed E-state index contributed by atoms with van der Waals surface area (Å²) in [7, 11) is 0. The van der Waals surface area contributed by atoms with Gasteiger partial charge in [-0.25, -0.2) is 4.98 Å². The molecule has 3 heterocycles. The van der Waals surface area contributed by atoms with E-state index in [4.69, 9.17) is 0 Å². The van der Waals surface area contributed by atoms with Gasteiger partial charge in [0.2, 0.25) is 11.6 Å². The number of aliphatic carboxylic acids is 1. The van der Waals surface area contributed by atoms with E-state index in [2.05, 4.69) is 127 Å². The lowest BCUT2D eigenvalue weighted by Crippen LogP contribution is -2.29. The van der Waals surface area contributed by atoms with Gasteiger partial charge < -0.3 is 10.0 Å². The fourth-order valence-electron chi connectivity index (χ4n) is 7.99. The summed E-state index contributed by atoms with van der Waals surface area (Å²) < 4.78 is 3.71. The van der Waals surface area contributed by atoms with E-state index in [1.807, 2.05) is 30.4 Å². The van der Waals surface area contributed by atoms with Gasteiger partial charge in [-0.15, -0.1) is 0 Å². The number of allylic oxidation sites excluding steroid dienone is 8. The number of carbonyl (C=O) groups excluding carboxylic acids is 1. The Morgan fingerprint density at radius 1 is 0.784 bits per heavy atom. The van der Waals surface area contributed by atoms with Crippen molar-refractivity contribution in [1.29, 1.82) is 0 Å². The summed E-state index contributed by atoms with van der Waals surface area (Å²) in [5.74, 6) is -0.806. The third-order valence-electron chi connectivity index (χ3n) is 10.4. The molecule has 0 unspecified atom stereocenters. The minimum Gasteiger partial charge on any atom is -0.481 e. The molecular weight excluding hydrogens is 633 g/mol. The molecule has 2 aliphatic rings. The number of imidazole rings is 1. The van der Waals surface area contributed by atoms with Gasteiger partial charge in [0.25, 0.3) is 0 Å². The Kier molecular flexibility index (Phi) is 8.90. The summed E-state index contributed by atoms with van der Waals surface area (Å²) in [6.45, 7) is 9.90. The lowest BCUT2D eigenvalue weighted by atomic mass is 9.79. The molecule has 0 saturated carbocycles. The van der Waals surface area contributed by atoms with Gasteiger partial charge in [-0.3, -0.25) is 14.2 Å².